The van der Waals surface area contributed by atoms with Crippen LogP contribution < -0.4 is 9.64 Å². The fraction of sp³-hybridized carbons (Fsp3) is 0.394. The molecule has 0 saturated carbocycles. The van der Waals surface area contributed by atoms with Gasteiger partial charge in [-0.3, -0.25) is 4.79 Å². The van der Waals surface area contributed by atoms with Crippen molar-refractivity contribution in [2.45, 2.75) is 50.2 Å². The van der Waals surface area contributed by atoms with Crippen LogP contribution in [0.3, 0.4) is 0 Å². The maximum atomic E-state index is 16.6. The molecule has 4 aromatic rings. The molecule has 3 aliphatic rings. The monoisotopic (exact) mass is 598 g/mol. The molecule has 9 nitrogen and oxygen atoms in total. The van der Waals surface area contributed by atoms with Crippen LogP contribution in [0.4, 0.5) is 14.6 Å². The molecule has 3 aromatic carbocycles. The lowest BCUT2D eigenvalue weighted by Crippen LogP contribution is -2.56. The summed E-state index contributed by atoms with van der Waals surface area (Å²) < 4.78 is 38.8. The van der Waals surface area contributed by atoms with Crippen molar-refractivity contribution in [2.24, 2.45) is 0 Å². The number of hydrogen-bond donors (Lipinski definition) is 1. The molecule has 3 atom stereocenters. The second-order valence-electron chi connectivity index (χ2n) is 12.0. The van der Waals surface area contributed by atoms with E-state index in [9.17, 15) is 9.90 Å². The molecule has 3 fully saturated rings. The zero-order valence-electron chi connectivity index (χ0n) is 24.3. The van der Waals surface area contributed by atoms with Gasteiger partial charge in [-0.15, -0.1) is 0 Å². The number of carbonyl (C=O) groups excluding carboxylic acids is 1. The Kier molecular flexibility index (Phi) is 7.17. The molecule has 4 heterocycles. The number of rotatable bonds is 6. The van der Waals surface area contributed by atoms with Gasteiger partial charge in [0.25, 0.3) is 0 Å². The van der Waals surface area contributed by atoms with Gasteiger partial charge in [0.15, 0.2) is 5.82 Å². The number of carbonyl (C=O) groups is 1. The molecule has 0 unspecified atom stereocenters. The van der Waals surface area contributed by atoms with E-state index in [-0.39, 0.29) is 64.2 Å². The summed E-state index contributed by atoms with van der Waals surface area (Å²) in [4.78, 5) is 27.9. The molecule has 1 aromatic heterocycles. The SMILES string of the molecule is CN1CCC[C@H]1COc1nc(N2C[C@H]3CC[C@@H](C2)N3C(=O)CC#N)c2cc(F)c(-c3cc(O)cc4ccccc34)c(F)c2n1. The highest BCUT2D eigenvalue weighted by molar-refractivity contribution is 6.01. The van der Waals surface area contributed by atoms with Crippen LogP contribution in [-0.4, -0.2) is 82.2 Å². The number of aromatic hydroxyl groups is 1. The van der Waals surface area contributed by atoms with Gasteiger partial charge >= 0.3 is 6.01 Å². The smallest absolute Gasteiger partial charge is 0.319 e. The first-order valence-electron chi connectivity index (χ1n) is 15.0. The first kappa shape index (κ1) is 28.2. The number of phenolic OH excluding ortho intramolecular Hbond substituents is 1. The number of amides is 1. The van der Waals surface area contributed by atoms with Crippen molar-refractivity contribution in [3.63, 3.8) is 0 Å². The number of nitrogens with zero attached hydrogens (tertiary/aromatic N) is 6. The van der Waals surface area contributed by atoms with E-state index in [0.717, 1.165) is 32.2 Å². The van der Waals surface area contributed by atoms with E-state index in [1.54, 1.807) is 35.2 Å². The largest absolute Gasteiger partial charge is 0.508 e. The first-order chi connectivity index (χ1) is 21.3. The predicted octanol–water partition coefficient (Wildman–Crippen LogP) is 5.00. The number of likely N-dealkylation sites (N-methyl/N-ethyl adjacent to an activating group) is 1. The van der Waals surface area contributed by atoms with Gasteiger partial charge < -0.3 is 24.5 Å². The number of halogens is 2. The zero-order chi connectivity index (χ0) is 30.5. The minimum absolute atomic E-state index is 0.000332. The topological polar surface area (TPSA) is 106 Å². The highest BCUT2D eigenvalue weighted by Gasteiger charge is 2.43. The second-order valence-corrected chi connectivity index (χ2v) is 12.0. The van der Waals surface area contributed by atoms with Gasteiger partial charge in [-0.05, 0) is 73.8 Å². The quantitative estimate of drug-likeness (QED) is 0.331. The average Bonchev–Trinajstić information content (AvgIpc) is 3.54. The molecule has 1 N–H and O–H groups in total. The minimum Gasteiger partial charge on any atom is -0.508 e. The summed E-state index contributed by atoms with van der Waals surface area (Å²) in [5, 5.41) is 21.0. The number of nitriles is 1. The number of hydrogen-bond acceptors (Lipinski definition) is 8. The third kappa shape index (κ3) is 4.83. The van der Waals surface area contributed by atoms with Crippen LogP contribution in [0.2, 0.25) is 0 Å². The van der Waals surface area contributed by atoms with Gasteiger partial charge in [0.05, 0.1) is 11.6 Å². The van der Waals surface area contributed by atoms with Crippen LogP contribution in [-0.2, 0) is 4.79 Å². The molecule has 2 bridgehead atoms. The molecule has 3 aliphatic heterocycles. The normalized spacial score (nSPS) is 21.7. The molecule has 0 spiro atoms. The standard InChI is InChI=1S/C33H32F2N6O3/c1-39-12-4-6-22(39)18-44-33-37-31-26(32(38-33)40-16-20-8-9-21(17-40)41(20)28(43)10-11-36)15-27(34)29(30(31)35)25-14-23(42)13-19-5-2-3-7-24(19)25/h2-3,5,7,13-15,20-22,42H,4,6,8-10,12,16-18H2,1H3/t20-,21+,22-/m0/s1. The van der Waals surface area contributed by atoms with Crippen LogP contribution in [0, 0.1) is 23.0 Å². The predicted molar refractivity (Wildman–Crippen MR) is 161 cm³/mol. The van der Waals surface area contributed by atoms with E-state index in [0.29, 0.717) is 36.3 Å². The summed E-state index contributed by atoms with van der Waals surface area (Å²) in [6, 6.07) is 13.1. The molecule has 1 amide bonds. The van der Waals surface area contributed by atoms with Gasteiger partial charge in [0.2, 0.25) is 5.91 Å². The van der Waals surface area contributed by atoms with Crippen molar-refractivity contribution in [2.75, 3.05) is 38.2 Å². The highest BCUT2D eigenvalue weighted by Crippen LogP contribution is 2.41. The van der Waals surface area contributed by atoms with Crippen molar-refractivity contribution in [1.29, 1.82) is 5.26 Å². The van der Waals surface area contributed by atoms with Gasteiger partial charge in [0.1, 0.15) is 35.9 Å². The second kappa shape index (κ2) is 11.2. The Bertz CT molecular complexity index is 1810. The van der Waals surface area contributed by atoms with E-state index < -0.39 is 11.6 Å². The Morgan fingerprint density at radius 3 is 2.59 bits per heavy atom. The van der Waals surface area contributed by atoms with E-state index in [4.69, 9.17) is 15.0 Å². The van der Waals surface area contributed by atoms with E-state index in [1.165, 1.54) is 12.1 Å². The van der Waals surface area contributed by atoms with Gasteiger partial charge in [-0.1, -0.05) is 24.3 Å². The number of fused-ring (bicyclic) bond motifs is 4. The van der Waals surface area contributed by atoms with Crippen molar-refractivity contribution in [3.05, 3.63) is 54.1 Å². The Morgan fingerprint density at radius 2 is 1.86 bits per heavy atom. The first-order valence-corrected chi connectivity index (χ1v) is 15.0. The number of benzene rings is 3. The summed E-state index contributed by atoms with van der Waals surface area (Å²) in [5.74, 6) is -1.63. The number of anilines is 1. The Labute approximate surface area is 253 Å². The number of ether oxygens (including phenoxy) is 1. The minimum atomic E-state index is -0.868. The van der Waals surface area contributed by atoms with Crippen LogP contribution >= 0.6 is 0 Å². The third-order valence-electron chi connectivity index (χ3n) is 9.33. The average molecular weight is 599 g/mol. The number of aromatic nitrogens is 2. The lowest BCUT2D eigenvalue weighted by Gasteiger charge is -2.41. The lowest BCUT2D eigenvalue weighted by atomic mass is 9.95. The molecule has 11 heteroatoms. The molecule has 0 radical (unpaired) electrons. The summed E-state index contributed by atoms with van der Waals surface area (Å²) in [5.41, 5.74) is -0.151. The van der Waals surface area contributed by atoms with Crippen molar-refractivity contribution in [1.82, 2.24) is 19.8 Å². The maximum absolute atomic E-state index is 16.6. The maximum Gasteiger partial charge on any atom is 0.319 e. The molecule has 0 aliphatic carbocycles. The molecule has 3 saturated heterocycles. The van der Waals surface area contributed by atoms with Crippen LogP contribution in [0.25, 0.3) is 32.8 Å². The van der Waals surface area contributed by atoms with Crippen LogP contribution in [0.15, 0.2) is 42.5 Å². The van der Waals surface area contributed by atoms with Gasteiger partial charge in [-0.25, -0.2) is 8.78 Å². The third-order valence-corrected chi connectivity index (χ3v) is 9.33. The van der Waals surface area contributed by atoms with Crippen molar-refractivity contribution >= 4 is 33.4 Å². The number of piperazine rings is 1. The Hall–Kier alpha value is -4.56. The molecule has 7 rings (SSSR count). The Balaban J connectivity index is 1.35. The van der Waals surface area contributed by atoms with Crippen molar-refractivity contribution < 1.29 is 23.4 Å². The van der Waals surface area contributed by atoms with Gasteiger partial charge in [-0.2, -0.15) is 15.2 Å². The van der Waals surface area contributed by atoms with Gasteiger partial charge in [0, 0.05) is 36.6 Å². The van der Waals surface area contributed by atoms with Crippen LogP contribution in [0.1, 0.15) is 32.1 Å². The fourth-order valence-corrected chi connectivity index (χ4v) is 7.22. The molecule has 44 heavy (non-hydrogen) atoms. The van der Waals surface area contributed by atoms with E-state index in [2.05, 4.69) is 9.88 Å². The number of phenols is 1. The zero-order valence-corrected chi connectivity index (χ0v) is 24.3. The van der Waals surface area contributed by atoms with Crippen LogP contribution in [0.5, 0.6) is 11.8 Å². The molecule has 226 valence electrons. The molecular weight excluding hydrogens is 566 g/mol. The summed E-state index contributed by atoms with van der Waals surface area (Å²) >= 11 is 0. The lowest BCUT2D eigenvalue weighted by molar-refractivity contribution is -0.133. The number of likely N-dealkylation sites (tertiary alicyclic amines) is 1. The van der Waals surface area contributed by atoms with Crippen molar-refractivity contribution in [3.8, 4) is 29.0 Å². The summed E-state index contributed by atoms with van der Waals surface area (Å²) in [7, 11) is 2.03. The summed E-state index contributed by atoms with van der Waals surface area (Å²) in [6.07, 6.45) is 3.39. The fourth-order valence-electron chi connectivity index (χ4n) is 7.22. The van der Waals surface area contributed by atoms with E-state index in [1.807, 2.05) is 18.0 Å². The molecular formula is C33H32F2N6O3. The summed E-state index contributed by atoms with van der Waals surface area (Å²) in [6.45, 7) is 2.11. The highest BCUT2D eigenvalue weighted by atomic mass is 19.1. The van der Waals surface area contributed by atoms with E-state index >= 15 is 8.78 Å². The Morgan fingerprint density at radius 1 is 1.09 bits per heavy atom.